The van der Waals surface area contributed by atoms with Crippen LogP contribution < -0.4 is 5.73 Å². The van der Waals surface area contributed by atoms with Crippen molar-refractivity contribution in [1.82, 2.24) is 0 Å². The van der Waals surface area contributed by atoms with Crippen molar-refractivity contribution in [2.75, 3.05) is 0 Å². The molecule has 1 amide bonds. The summed E-state index contributed by atoms with van der Waals surface area (Å²) < 4.78 is 0. The summed E-state index contributed by atoms with van der Waals surface area (Å²) in [5, 5.41) is 10.8. The van der Waals surface area contributed by atoms with Crippen LogP contribution in [0.3, 0.4) is 0 Å². The second-order valence-corrected chi connectivity index (χ2v) is 8.63. The smallest absolute Gasteiger partial charge is 0.248 e. The number of primary amides is 1. The van der Waals surface area contributed by atoms with Crippen LogP contribution in [-0.4, -0.2) is 17.2 Å². The number of phenols is 1. The lowest BCUT2D eigenvalue weighted by molar-refractivity contribution is 0.100. The highest BCUT2D eigenvalue weighted by atomic mass is 16.3. The van der Waals surface area contributed by atoms with Gasteiger partial charge in [-0.05, 0) is 40.7 Å². The van der Waals surface area contributed by atoms with Crippen LogP contribution in [0.15, 0.2) is 41.4 Å². The van der Waals surface area contributed by atoms with E-state index < -0.39 is 5.91 Å². The van der Waals surface area contributed by atoms with Gasteiger partial charge < -0.3 is 10.8 Å². The van der Waals surface area contributed by atoms with E-state index in [1.807, 2.05) is 6.07 Å². The molecule has 0 unspecified atom stereocenters. The minimum absolute atomic E-state index is 0.0534. The topological polar surface area (TPSA) is 75.7 Å². The molecule has 138 valence electrons. The Morgan fingerprint density at radius 3 is 2.23 bits per heavy atom. The van der Waals surface area contributed by atoms with Gasteiger partial charge in [-0.2, -0.15) is 0 Å². The van der Waals surface area contributed by atoms with E-state index in [0.29, 0.717) is 16.8 Å². The van der Waals surface area contributed by atoms with Crippen LogP contribution in [-0.2, 0) is 10.8 Å². The van der Waals surface area contributed by atoms with E-state index in [0.717, 1.165) is 11.1 Å². The number of rotatable bonds is 3. The van der Waals surface area contributed by atoms with E-state index in [1.54, 1.807) is 30.5 Å². The molecule has 0 aliphatic rings. The lowest BCUT2D eigenvalue weighted by Crippen LogP contribution is -2.17. The molecule has 4 nitrogen and oxygen atoms in total. The molecule has 0 bridgehead atoms. The summed E-state index contributed by atoms with van der Waals surface area (Å²) in [6, 6.07) is 10.8. The zero-order valence-electron chi connectivity index (χ0n) is 16.4. The van der Waals surface area contributed by atoms with Crippen LogP contribution >= 0.6 is 0 Å². The van der Waals surface area contributed by atoms with E-state index in [4.69, 9.17) is 5.73 Å². The average molecular weight is 352 g/mol. The Kier molecular flexibility index (Phi) is 5.26. The third kappa shape index (κ3) is 4.51. The molecular weight excluding hydrogens is 324 g/mol. The van der Waals surface area contributed by atoms with Gasteiger partial charge in [0, 0.05) is 22.9 Å². The number of amides is 1. The fourth-order valence-corrected chi connectivity index (χ4v) is 2.64. The van der Waals surface area contributed by atoms with E-state index in [9.17, 15) is 9.90 Å². The maximum atomic E-state index is 11.3. The highest BCUT2D eigenvalue weighted by molar-refractivity contribution is 5.94. The lowest BCUT2D eigenvalue weighted by atomic mass is 9.79. The van der Waals surface area contributed by atoms with Crippen molar-refractivity contribution in [1.29, 1.82) is 0 Å². The van der Waals surface area contributed by atoms with Gasteiger partial charge in [0.15, 0.2) is 0 Å². The Balaban J connectivity index is 2.55. The van der Waals surface area contributed by atoms with Crippen molar-refractivity contribution >= 4 is 17.8 Å². The van der Waals surface area contributed by atoms with Crippen molar-refractivity contribution in [3.05, 3.63) is 58.7 Å². The normalized spacial score (nSPS) is 12.5. The Bertz CT molecular complexity index is 853. The van der Waals surface area contributed by atoms with E-state index in [1.165, 1.54) is 0 Å². The third-order valence-electron chi connectivity index (χ3n) is 4.30. The van der Waals surface area contributed by atoms with Gasteiger partial charge in [0.1, 0.15) is 5.75 Å². The van der Waals surface area contributed by atoms with E-state index in [2.05, 4.69) is 52.6 Å². The first-order valence-electron chi connectivity index (χ1n) is 8.71. The molecule has 0 saturated heterocycles. The molecule has 2 aromatic rings. The summed E-state index contributed by atoms with van der Waals surface area (Å²) in [6.07, 6.45) is 1.64. The quantitative estimate of drug-likeness (QED) is 0.776. The second kappa shape index (κ2) is 6.94. The van der Waals surface area contributed by atoms with Crippen molar-refractivity contribution in [3.8, 4) is 5.75 Å². The minimum atomic E-state index is -0.491. The largest absolute Gasteiger partial charge is 0.507 e. The van der Waals surface area contributed by atoms with Crippen LogP contribution in [0, 0.1) is 0 Å². The molecule has 0 atom stereocenters. The molecule has 0 fully saturated rings. The number of phenolic OH excluding ortho intramolecular Hbond substituents is 1. The average Bonchev–Trinajstić information content (AvgIpc) is 2.51. The van der Waals surface area contributed by atoms with E-state index in [-0.39, 0.29) is 16.6 Å². The van der Waals surface area contributed by atoms with Crippen LogP contribution in [0.25, 0.3) is 0 Å². The SMILES string of the molecule is CC(C)(C)c1cc(C=Nc2cccc(C(N)=O)c2)c(O)c(C(C)(C)C)c1. The lowest BCUT2D eigenvalue weighted by Gasteiger charge is -2.26. The Labute approximate surface area is 155 Å². The number of benzene rings is 2. The summed E-state index contributed by atoms with van der Waals surface area (Å²) in [5.74, 6) is -0.255. The molecule has 4 heteroatoms. The molecule has 2 rings (SSSR count). The maximum Gasteiger partial charge on any atom is 0.248 e. The number of aliphatic imine (C=N–C) groups is 1. The molecule has 0 aromatic heterocycles. The first kappa shape index (κ1) is 19.7. The number of carbonyl (C=O) groups excluding carboxylic acids is 1. The molecule has 0 aliphatic heterocycles. The number of nitrogens with two attached hydrogens (primary N) is 1. The highest BCUT2D eigenvalue weighted by Crippen LogP contribution is 2.37. The van der Waals surface area contributed by atoms with Gasteiger partial charge in [0.25, 0.3) is 0 Å². The Hall–Kier alpha value is -2.62. The first-order chi connectivity index (χ1) is 11.9. The van der Waals surface area contributed by atoms with Crippen LogP contribution in [0.2, 0.25) is 0 Å². The van der Waals surface area contributed by atoms with E-state index >= 15 is 0 Å². The molecule has 0 spiro atoms. The molecule has 0 aliphatic carbocycles. The third-order valence-corrected chi connectivity index (χ3v) is 4.30. The zero-order chi connectivity index (χ0) is 19.7. The standard InChI is InChI=1S/C22H28N2O2/c1-21(2,3)16-10-15(19(25)18(12-16)22(4,5)6)13-24-17-9-7-8-14(11-17)20(23)26/h7-13,25H,1-6H3,(H2,23,26). The molecule has 0 heterocycles. The number of carbonyl (C=O) groups is 1. The molecule has 26 heavy (non-hydrogen) atoms. The summed E-state index contributed by atoms with van der Waals surface area (Å²) >= 11 is 0. The van der Waals surface area contributed by atoms with Crippen molar-refractivity contribution in [2.24, 2.45) is 10.7 Å². The van der Waals surface area contributed by atoms with Crippen LogP contribution in [0.5, 0.6) is 5.75 Å². The Morgan fingerprint density at radius 1 is 1.04 bits per heavy atom. The highest BCUT2D eigenvalue weighted by Gasteiger charge is 2.24. The van der Waals surface area contributed by atoms with Crippen molar-refractivity contribution in [2.45, 2.75) is 52.4 Å². The summed E-state index contributed by atoms with van der Waals surface area (Å²) in [4.78, 5) is 15.8. The monoisotopic (exact) mass is 352 g/mol. The summed E-state index contributed by atoms with van der Waals surface area (Å²) in [6.45, 7) is 12.7. The van der Waals surface area contributed by atoms with Crippen molar-refractivity contribution < 1.29 is 9.90 Å². The van der Waals surface area contributed by atoms with Crippen LogP contribution in [0.4, 0.5) is 5.69 Å². The maximum absolute atomic E-state index is 11.3. The molecular formula is C22H28N2O2. The molecule has 0 saturated carbocycles. The van der Waals surface area contributed by atoms with Crippen LogP contribution in [0.1, 0.15) is 68.6 Å². The van der Waals surface area contributed by atoms with Gasteiger partial charge in [-0.25, -0.2) is 0 Å². The van der Waals surface area contributed by atoms with Gasteiger partial charge in [0.05, 0.1) is 5.69 Å². The van der Waals surface area contributed by atoms with Gasteiger partial charge in [-0.3, -0.25) is 9.79 Å². The fraction of sp³-hybridized carbons (Fsp3) is 0.364. The predicted octanol–water partition coefficient (Wildman–Crippen LogP) is 4.84. The molecule has 0 radical (unpaired) electrons. The van der Waals surface area contributed by atoms with Crippen molar-refractivity contribution in [3.63, 3.8) is 0 Å². The second-order valence-electron chi connectivity index (χ2n) is 8.63. The molecule has 3 N–H and O–H groups in total. The van der Waals surface area contributed by atoms with Gasteiger partial charge in [-0.1, -0.05) is 53.7 Å². The first-order valence-corrected chi connectivity index (χ1v) is 8.71. The number of nitrogens with zero attached hydrogens (tertiary/aromatic N) is 1. The number of hydrogen-bond acceptors (Lipinski definition) is 3. The summed E-state index contributed by atoms with van der Waals surface area (Å²) in [7, 11) is 0. The fourth-order valence-electron chi connectivity index (χ4n) is 2.64. The summed E-state index contributed by atoms with van der Waals surface area (Å²) in [5.41, 5.74) is 8.76. The molecule has 2 aromatic carbocycles. The zero-order valence-corrected chi connectivity index (χ0v) is 16.4. The van der Waals surface area contributed by atoms with Gasteiger partial charge >= 0.3 is 0 Å². The predicted molar refractivity (Wildman–Crippen MR) is 108 cm³/mol. The number of hydrogen-bond donors (Lipinski definition) is 2. The number of aromatic hydroxyl groups is 1. The minimum Gasteiger partial charge on any atom is -0.507 e. The van der Waals surface area contributed by atoms with Gasteiger partial charge in [-0.15, -0.1) is 0 Å². The Morgan fingerprint density at radius 2 is 1.69 bits per heavy atom. The van der Waals surface area contributed by atoms with Gasteiger partial charge in [0.2, 0.25) is 5.91 Å².